The molecule has 1 aliphatic rings. The Hall–Kier alpha value is 0.150. The van der Waals surface area contributed by atoms with E-state index in [4.69, 9.17) is 9.47 Å². The second kappa shape index (κ2) is 12.5. The van der Waals surface area contributed by atoms with Gasteiger partial charge in [-0.2, -0.15) is 0 Å². The minimum Gasteiger partial charge on any atom is -0.376 e. The Morgan fingerprint density at radius 2 is 1.46 bits per heavy atom. The lowest BCUT2D eigenvalue weighted by atomic mass is 10.0. The van der Waals surface area contributed by atoms with Crippen LogP contribution in [0.5, 0.6) is 0 Å². The van der Waals surface area contributed by atoms with E-state index in [0.717, 1.165) is 25.2 Å². The average Bonchev–Trinajstić information content (AvgIpc) is 2.62. The molecule has 1 rings (SSSR count). The summed E-state index contributed by atoms with van der Waals surface area (Å²) in [6.45, 7) is 10.8. The van der Waals surface area contributed by atoms with Gasteiger partial charge in [-0.3, -0.25) is 0 Å². The van der Waals surface area contributed by atoms with Crippen LogP contribution in [0.2, 0.25) is 0 Å². The summed E-state index contributed by atoms with van der Waals surface area (Å²) >= 11 is 0. The van der Waals surface area contributed by atoms with Gasteiger partial charge in [-0.25, -0.2) is 0 Å². The SMILES string of the molecule is CCCCC(CC)CP(=O)(CC(CC)CCCC)C1COCCO1. The third kappa shape index (κ3) is 7.58. The quantitative estimate of drug-likeness (QED) is 0.369. The number of unbranched alkanes of at least 4 members (excludes halogenated alkanes) is 2. The van der Waals surface area contributed by atoms with E-state index < -0.39 is 7.14 Å². The van der Waals surface area contributed by atoms with E-state index in [0.29, 0.717) is 31.7 Å². The predicted octanol–water partition coefficient (Wildman–Crippen LogP) is 6.16. The molecular weight excluding hydrogens is 319 g/mol. The second-order valence-electron chi connectivity index (χ2n) is 7.55. The molecule has 3 unspecified atom stereocenters. The van der Waals surface area contributed by atoms with Gasteiger partial charge in [-0.15, -0.1) is 0 Å². The van der Waals surface area contributed by atoms with Gasteiger partial charge >= 0.3 is 0 Å². The van der Waals surface area contributed by atoms with Crippen LogP contribution >= 0.6 is 7.14 Å². The fourth-order valence-electron chi connectivity index (χ4n) is 3.77. The van der Waals surface area contributed by atoms with Gasteiger partial charge in [0.1, 0.15) is 13.0 Å². The third-order valence-electron chi connectivity index (χ3n) is 5.54. The summed E-state index contributed by atoms with van der Waals surface area (Å²) in [6, 6.07) is 0. The summed E-state index contributed by atoms with van der Waals surface area (Å²) < 4.78 is 25.6. The zero-order chi connectivity index (χ0) is 17.8. The molecule has 0 aliphatic carbocycles. The topological polar surface area (TPSA) is 35.5 Å². The van der Waals surface area contributed by atoms with E-state index >= 15 is 0 Å². The van der Waals surface area contributed by atoms with E-state index in [9.17, 15) is 4.57 Å². The van der Waals surface area contributed by atoms with Crippen molar-refractivity contribution in [2.45, 2.75) is 84.9 Å². The summed E-state index contributed by atoms with van der Waals surface area (Å²) in [4.78, 5) is 0. The Bertz CT molecular complexity index is 331. The second-order valence-corrected chi connectivity index (χ2v) is 10.8. The molecule has 24 heavy (non-hydrogen) atoms. The van der Waals surface area contributed by atoms with Crippen LogP contribution in [0.3, 0.4) is 0 Å². The molecule has 0 N–H and O–H groups in total. The van der Waals surface area contributed by atoms with Crippen LogP contribution in [0.15, 0.2) is 0 Å². The van der Waals surface area contributed by atoms with Crippen LogP contribution in [0.4, 0.5) is 0 Å². The molecular formula is C20H41O3P. The summed E-state index contributed by atoms with van der Waals surface area (Å²) in [6.07, 6.45) is 11.3. The molecule has 1 fully saturated rings. The van der Waals surface area contributed by atoms with Crippen molar-refractivity contribution in [3.63, 3.8) is 0 Å². The fraction of sp³-hybridized carbons (Fsp3) is 1.00. The van der Waals surface area contributed by atoms with Crippen molar-refractivity contribution in [1.82, 2.24) is 0 Å². The Balaban J connectivity index is 2.82. The maximum Gasteiger partial charge on any atom is 0.134 e. The highest BCUT2D eigenvalue weighted by Gasteiger charge is 2.38. The van der Waals surface area contributed by atoms with E-state index in [1.54, 1.807) is 0 Å². The first-order valence-electron chi connectivity index (χ1n) is 10.4. The van der Waals surface area contributed by atoms with Crippen LogP contribution in [-0.4, -0.2) is 38.0 Å². The summed E-state index contributed by atoms with van der Waals surface area (Å²) in [7, 11) is -2.37. The van der Waals surface area contributed by atoms with Gasteiger partial charge in [0, 0.05) is 12.3 Å². The van der Waals surface area contributed by atoms with E-state index in [1.807, 2.05) is 0 Å². The van der Waals surface area contributed by atoms with Gasteiger partial charge in [-0.1, -0.05) is 79.1 Å². The van der Waals surface area contributed by atoms with Gasteiger partial charge in [0.05, 0.1) is 19.8 Å². The van der Waals surface area contributed by atoms with Crippen molar-refractivity contribution in [3.8, 4) is 0 Å². The highest BCUT2D eigenvalue weighted by molar-refractivity contribution is 7.64. The molecule has 0 aromatic carbocycles. The summed E-state index contributed by atoms with van der Waals surface area (Å²) in [5, 5.41) is 0. The molecule has 0 aromatic rings. The monoisotopic (exact) mass is 360 g/mol. The van der Waals surface area contributed by atoms with Crippen LogP contribution in [-0.2, 0) is 14.0 Å². The number of hydrogen-bond acceptors (Lipinski definition) is 3. The Labute approximate surface area is 150 Å². The molecule has 3 atom stereocenters. The van der Waals surface area contributed by atoms with Gasteiger partial charge in [0.2, 0.25) is 0 Å². The molecule has 0 bridgehead atoms. The molecule has 0 aromatic heterocycles. The summed E-state index contributed by atoms with van der Waals surface area (Å²) in [5.74, 6) is 0.993. The third-order valence-corrected chi connectivity index (χ3v) is 9.16. The van der Waals surface area contributed by atoms with Gasteiger partial charge in [-0.05, 0) is 11.8 Å². The molecule has 144 valence electrons. The molecule has 0 amide bonds. The van der Waals surface area contributed by atoms with Crippen molar-refractivity contribution >= 4 is 7.14 Å². The molecule has 0 saturated carbocycles. The minimum absolute atomic E-state index is 0.155. The molecule has 1 saturated heterocycles. The van der Waals surface area contributed by atoms with Crippen molar-refractivity contribution in [2.75, 3.05) is 32.1 Å². The molecule has 1 heterocycles. The van der Waals surface area contributed by atoms with Gasteiger partial charge in [0.15, 0.2) is 0 Å². The largest absolute Gasteiger partial charge is 0.376 e. The van der Waals surface area contributed by atoms with Crippen LogP contribution in [0.25, 0.3) is 0 Å². The van der Waals surface area contributed by atoms with Crippen LogP contribution in [0, 0.1) is 11.8 Å². The minimum atomic E-state index is -2.37. The van der Waals surface area contributed by atoms with Crippen molar-refractivity contribution in [2.24, 2.45) is 11.8 Å². The van der Waals surface area contributed by atoms with Gasteiger partial charge < -0.3 is 14.0 Å². The Morgan fingerprint density at radius 3 is 1.83 bits per heavy atom. The molecule has 1 aliphatic heterocycles. The molecule has 0 spiro atoms. The zero-order valence-corrected chi connectivity index (χ0v) is 17.5. The van der Waals surface area contributed by atoms with Crippen molar-refractivity contribution < 1.29 is 14.0 Å². The van der Waals surface area contributed by atoms with Crippen LogP contribution in [0.1, 0.15) is 79.1 Å². The Morgan fingerprint density at radius 1 is 0.917 bits per heavy atom. The van der Waals surface area contributed by atoms with E-state index in [2.05, 4.69) is 27.7 Å². The first-order valence-corrected chi connectivity index (χ1v) is 12.5. The molecule has 0 radical (unpaired) electrons. The summed E-state index contributed by atoms with van der Waals surface area (Å²) in [5.41, 5.74) is 0. The Kier molecular flexibility index (Phi) is 11.6. The average molecular weight is 361 g/mol. The predicted molar refractivity (Wildman–Crippen MR) is 105 cm³/mol. The fourth-order valence-corrected chi connectivity index (χ4v) is 7.77. The maximum atomic E-state index is 14.0. The van der Waals surface area contributed by atoms with Crippen molar-refractivity contribution in [1.29, 1.82) is 0 Å². The first-order chi connectivity index (χ1) is 11.6. The lowest BCUT2D eigenvalue weighted by molar-refractivity contribution is -0.0550. The normalized spacial score (nSPS) is 23.6. The van der Waals surface area contributed by atoms with Crippen LogP contribution < -0.4 is 0 Å². The maximum absolute atomic E-state index is 14.0. The lowest BCUT2D eigenvalue weighted by Gasteiger charge is -2.35. The zero-order valence-electron chi connectivity index (χ0n) is 16.6. The molecule has 4 heteroatoms. The van der Waals surface area contributed by atoms with Crippen molar-refractivity contribution in [3.05, 3.63) is 0 Å². The lowest BCUT2D eigenvalue weighted by Crippen LogP contribution is -2.32. The highest BCUT2D eigenvalue weighted by atomic mass is 31.2. The van der Waals surface area contributed by atoms with E-state index in [1.165, 1.54) is 38.5 Å². The smallest absolute Gasteiger partial charge is 0.134 e. The number of rotatable bonds is 13. The van der Waals surface area contributed by atoms with Gasteiger partial charge in [0.25, 0.3) is 0 Å². The standard InChI is InChI=1S/C20H41O3P/c1-5-9-11-18(7-3)16-24(21,20-15-22-13-14-23-20)17-19(8-4)12-10-6-2/h18-20H,5-17H2,1-4H3. The van der Waals surface area contributed by atoms with E-state index in [-0.39, 0.29) is 5.85 Å². The highest BCUT2D eigenvalue weighted by Crippen LogP contribution is 2.56. The first kappa shape index (κ1) is 22.2. The number of hydrogen-bond donors (Lipinski definition) is 0. The number of ether oxygens (including phenoxy) is 2. The molecule has 3 nitrogen and oxygen atoms in total.